The van der Waals surface area contributed by atoms with Crippen molar-refractivity contribution in [1.29, 1.82) is 0 Å². The number of carboxylic acid groups (broad SMARTS) is 1. The molecule has 8 heteroatoms. The first-order chi connectivity index (χ1) is 10.1. The Morgan fingerprint density at radius 1 is 1.24 bits per heavy atom. The predicted octanol–water partition coefficient (Wildman–Crippen LogP) is 2.03. The number of hydrogen-bond donors (Lipinski definition) is 1. The molecule has 3 rings (SSSR count). The normalized spacial score (nSPS) is 10.7. The summed E-state index contributed by atoms with van der Waals surface area (Å²) in [6.07, 6.45) is 2.93. The summed E-state index contributed by atoms with van der Waals surface area (Å²) in [6.45, 7) is 0. The Morgan fingerprint density at radius 2 is 2.05 bits per heavy atom. The number of carbonyl (C=O) groups is 1. The molecule has 2 heterocycles. The minimum atomic E-state index is -1.12. The van der Waals surface area contributed by atoms with Crippen LogP contribution in [0.25, 0.3) is 16.6 Å². The number of hydrogen-bond acceptors (Lipinski definition) is 5. The maximum absolute atomic E-state index is 10.8. The molecule has 0 unspecified atom stereocenters. The van der Waals surface area contributed by atoms with E-state index >= 15 is 0 Å². The van der Waals surface area contributed by atoms with Gasteiger partial charge in [0.15, 0.2) is 0 Å². The average Bonchev–Trinajstić information content (AvgIpc) is 2.90. The molecule has 0 atom stereocenters. The second-order valence-corrected chi connectivity index (χ2v) is 4.26. The second kappa shape index (κ2) is 4.67. The Kier molecular flexibility index (Phi) is 2.83. The number of pyridine rings is 1. The molecule has 0 aliphatic heterocycles. The fourth-order valence-electron chi connectivity index (χ4n) is 1.96. The second-order valence-electron chi connectivity index (χ2n) is 4.26. The number of fused-ring (bicyclic) bond motifs is 1. The number of nitro benzene ring substituents is 1. The van der Waals surface area contributed by atoms with E-state index in [2.05, 4.69) is 10.1 Å². The van der Waals surface area contributed by atoms with Gasteiger partial charge in [-0.15, -0.1) is 0 Å². The van der Waals surface area contributed by atoms with Gasteiger partial charge in [-0.2, -0.15) is 5.10 Å². The van der Waals surface area contributed by atoms with E-state index in [0.29, 0.717) is 11.2 Å². The first kappa shape index (κ1) is 12.7. The van der Waals surface area contributed by atoms with Crippen LogP contribution < -0.4 is 0 Å². The number of benzene rings is 1. The molecule has 0 saturated heterocycles. The van der Waals surface area contributed by atoms with Gasteiger partial charge < -0.3 is 5.11 Å². The summed E-state index contributed by atoms with van der Waals surface area (Å²) in [6, 6.07) is 7.31. The Labute approximate surface area is 117 Å². The molecular formula is C13H8N4O4. The van der Waals surface area contributed by atoms with Crippen molar-refractivity contribution in [2.75, 3.05) is 0 Å². The van der Waals surface area contributed by atoms with Gasteiger partial charge in [-0.05, 0) is 18.2 Å². The lowest BCUT2D eigenvalue weighted by molar-refractivity contribution is -0.384. The van der Waals surface area contributed by atoms with E-state index in [1.165, 1.54) is 29.1 Å². The first-order valence-electron chi connectivity index (χ1n) is 5.88. The van der Waals surface area contributed by atoms with Crippen LogP contribution in [0, 0.1) is 10.1 Å². The quantitative estimate of drug-likeness (QED) is 0.581. The van der Waals surface area contributed by atoms with Crippen LogP contribution in [0.1, 0.15) is 10.5 Å². The highest BCUT2D eigenvalue weighted by Crippen LogP contribution is 2.23. The zero-order valence-electron chi connectivity index (χ0n) is 10.5. The van der Waals surface area contributed by atoms with Gasteiger partial charge in [-0.3, -0.25) is 10.1 Å². The Bertz CT molecular complexity index is 854. The van der Waals surface area contributed by atoms with Crippen molar-refractivity contribution in [1.82, 2.24) is 14.8 Å². The summed E-state index contributed by atoms with van der Waals surface area (Å²) in [4.78, 5) is 24.9. The number of nitrogens with zero attached hydrogens (tertiary/aromatic N) is 4. The van der Waals surface area contributed by atoms with Crippen LogP contribution in [0.4, 0.5) is 5.69 Å². The van der Waals surface area contributed by atoms with Crippen LogP contribution in [-0.4, -0.2) is 30.8 Å². The zero-order chi connectivity index (χ0) is 15.0. The van der Waals surface area contributed by atoms with Gasteiger partial charge >= 0.3 is 5.97 Å². The van der Waals surface area contributed by atoms with Crippen LogP contribution in [0.15, 0.2) is 42.7 Å². The summed E-state index contributed by atoms with van der Waals surface area (Å²) in [5.74, 6) is -1.12. The van der Waals surface area contributed by atoms with E-state index in [1.54, 1.807) is 18.3 Å². The van der Waals surface area contributed by atoms with Gasteiger partial charge in [0, 0.05) is 17.5 Å². The van der Waals surface area contributed by atoms with Crippen LogP contribution in [-0.2, 0) is 0 Å². The molecule has 1 N–H and O–H groups in total. The molecule has 1 aromatic carbocycles. The van der Waals surface area contributed by atoms with Gasteiger partial charge in [0.2, 0.25) is 0 Å². The van der Waals surface area contributed by atoms with Crippen LogP contribution in [0.5, 0.6) is 0 Å². The van der Waals surface area contributed by atoms with Crippen molar-refractivity contribution in [3.63, 3.8) is 0 Å². The molecule has 0 fully saturated rings. The van der Waals surface area contributed by atoms with E-state index in [-0.39, 0.29) is 11.4 Å². The summed E-state index contributed by atoms with van der Waals surface area (Å²) in [5, 5.41) is 24.5. The van der Waals surface area contributed by atoms with Gasteiger partial charge in [0.05, 0.1) is 28.5 Å². The lowest BCUT2D eigenvalue weighted by Crippen LogP contribution is -2.02. The number of aromatic nitrogens is 3. The van der Waals surface area contributed by atoms with E-state index in [0.717, 1.165) is 5.39 Å². The molecule has 0 saturated carbocycles. The lowest BCUT2D eigenvalue weighted by Gasteiger charge is -2.03. The van der Waals surface area contributed by atoms with E-state index in [9.17, 15) is 14.9 Å². The monoisotopic (exact) mass is 284 g/mol. The van der Waals surface area contributed by atoms with Crippen molar-refractivity contribution in [3.05, 3.63) is 58.5 Å². The summed E-state index contributed by atoms with van der Waals surface area (Å²) >= 11 is 0. The third kappa shape index (κ3) is 2.18. The van der Waals surface area contributed by atoms with E-state index < -0.39 is 10.9 Å². The number of carboxylic acids is 1. The maximum Gasteiger partial charge on any atom is 0.354 e. The summed E-state index contributed by atoms with van der Waals surface area (Å²) in [7, 11) is 0. The minimum Gasteiger partial charge on any atom is -0.477 e. The number of non-ortho nitro benzene ring substituents is 1. The molecule has 0 aliphatic carbocycles. The van der Waals surface area contributed by atoms with Crippen LogP contribution >= 0.6 is 0 Å². The molecule has 8 nitrogen and oxygen atoms in total. The number of nitro groups is 1. The first-order valence-corrected chi connectivity index (χ1v) is 5.88. The number of rotatable bonds is 3. The Hall–Kier alpha value is -3.29. The molecule has 3 aromatic rings. The third-order valence-corrected chi connectivity index (χ3v) is 2.98. The van der Waals surface area contributed by atoms with E-state index in [1.807, 2.05) is 0 Å². The van der Waals surface area contributed by atoms with Crippen molar-refractivity contribution in [2.45, 2.75) is 0 Å². The highest BCUT2D eigenvalue weighted by Gasteiger charge is 2.12. The molecule has 0 amide bonds. The summed E-state index contributed by atoms with van der Waals surface area (Å²) < 4.78 is 1.47. The number of aromatic carboxylic acids is 1. The third-order valence-electron chi connectivity index (χ3n) is 2.98. The fraction of sp³-hybridized carbons (Fsp3) is 0. The minimum absolute atomic E-state index is 0.0423. The Balaban J connectivity index is 2.13. The molecule has 2 aromatic heterocycles. The zero-order valence-corrected chi connectivity index (χ0v) is 10.5. The fourth-order valence-corrected chi connectivity index (χ4v) is 1.96. The van der Waals surface area contributed by atoms with Crippen LogP contribution in [0.3, 0.4) is 0 Å². The average molecular weight is 284 g/mol. The highest BCUT2D eigenvalue weighted by atomic mass is 16.6. The highest BCUT2D eigenvalue weighted by molar-refractivity contribution is 5.86. The molecule has 0 spiro atoms. The van der Waals surface area contributed by atoms with Crippen molar-refractivity contribution in [2.24, 2.45) is 0 Å². The summed E-state index contributed by atoms with van der Waals surface area (Å²) in [5.41, 5.74) is 0.949. The molecule has 104 valence electrons. The van der Waals surface area contributed by atoms with Gasteiger partial charge in [0.1, 0.15) is 5.69 Å². The topological polar surface area (TPSA) is 111 Å². The largest absolute Gasteiger partial charge is 0.477 e. The standard InChI is InChI=1S/C13H8N4O4/c18-13(19)11-4-3-10(7-14-11)16-12-5-9(17(20)21)2-1-8(12)6-15-16/h1-7H,(H,18,19). The molecule has 0 radical (unpaired) electrons. The van der Waals surface area contributed by atoms with Crippen molar-refractivity contribution < 1.29 is 14.8 Å². The van der Waals surface area contributed by atoms with Gasteiger partial charge in [-0.1, -0.05) is 0 Å². The maximum atomic E-state index is 10.8. The van der Waals surface area contributed by atoms with Crippen molar-refractivity contribution >= 4 is 22.6 Å². The molecular weight excluding hydrogens is 276 g/mol. The lowest BCUT2D eigenvalue weighted by atomic mass is 10.2. The Morgan fingerprint density at radius 3 is 2.67 bits per heavy atom. The molecule has 0 bridgehead atoms. The molecule has 0 aliphatic rings. The molecule has 21 heavy (non-hydrogen) atoms. The smallest absolute Gasteiger partial charge is 0.354 e. The SMILES string of the molecule is O=C(O)c1ccc(-n2ncc3ccc([N+](=O)[O-])cc32)cn1. The van der Waals surface area contributed by atoms with Gasteiger partial charge in [0.25, 0.3) is 5.69 Å². The van der Waals surface area contributed by atoms with Crippen LogP contribution in [0.2, 0.25) is 0 Å². The predicted molar refractivity (Wildman–Crippen MR) is 72.5 cm³/mol. The van der Waals surface area contributed by atoms with E-state index in [4.69, 9.17) is 5.11 Å². The van der Waals surface area contributed by atoms with Gasteiger partial charge in [-0.25, -0.2) is 14.5 Å². The van der Waals surface area contributed by atoms with Crippen molar-refractivity contribution in [3.8, 4) is 5.69 Å².